The minimum absolute atomic E-state index is 0.0769. The number of anilines is 1. The summed E-state index contributed by atoms with van der Waals surface area (Å²) in [4.78, 5) is 23.5. The van der Waals surface area contributed by atoms with Gasteiger partial charge in [0.05, 0.1) is 10.5 Å². The average Bonchev–Trinajstić information content (AvgIpc) is 2.54. The summed E-state index contributed by atoms with van der Waals surface area (Å²) in [6.07, 6.45) is 1.06. The lowest BCUT2D eigenvalue weighted by molar-refractivity contribution is -0.119. The highest BCUT2D eigenvalue weighted by molar-refractivity contribution is 7.90. The fourth-order valence-electron chi connectivity index (χ4n) is 1.78. The van der Waals surface area contributed by atoms with Gasteiger partial charge in [0.1, 0.15) is 5.82 Å². The van der Waals surface area contributed by atoms with Crippen molar-refractivity contribution in [3.8, 4) is 0 Å². The van der Waals surface area contributed by atoms with Crippen molar-refractivity contribution in [2.45, 2.75) is 4.90 Å². The Morgan fingerprint density at radius 2 is 1.62 bits per heavy atom. The number of hydrogen-bond acceptors (Lipinski definition) is 5. The van der Waals surface area contributed by atoms with Crippen LogP contribution in [0.15, 0.2) is 53.4 Å². The number of benzene rings is 2. The van der Waals surface area contributed by atoms with E-state index in [1.54, 1.807) is 0 Å². The second-order valence-corrected chi connectivity index (χ2v) is 6.94. The zero-order chi connectivity index (χ0) is 17.7. The Morgan fingerprint density at radius 3 is 2.17 bits per heavy atom. The number of carbonyl (C=O) groups excluding carboxylic acids is 2. The van der Waals surface area contributed by atoms with Crippen LogP contribution in [0.3, 0.4) is 0 Å². The molecular weight excluding hydrogens is 337 g/mol. The highest BCUT2D eigenvalue weighted by Gasteiger charge is 2.12. The molecule has 0 spiro atoms. The summed E-state index contributed by atoms with van der Waals surface area (Å²) >= 11 is 0. The lowest BCUT2D eigenvalue weighted by Gasteiger charge is -2.07. The van der Waals surface area contributed by atoms with Crippen molar-refractivity contribution >= 4 is 27.4 Å². The summed E-state index contributed by atoms with van der Waals surface area (Å²) < 4.78 is 40.2. The maximum absolute atomic E-state index is 12.7. The number of ether oxygens (including phenoxy) is 1. The third-order valence-corrected chi connectivity index (χ3v) is 4.11. The van der Waals surface area contributed by atoms with Crippen molar-refractivity contribution in [1.29, 1.82) is 0 Å². The number of hydrogen-bond donors (Lipinski definition) is 1. The Hall–Kier alpha value is -2.74. The largest absolute Gasteiger partial charge is 0.452 e. The van der Waals surface area contributed by atoms with Crippen molar-refractivity contribution in [1.82, 2.24) is 0 Å². The molecule has 0 aromatic heterocycles. The normalized spacial score (nSPS) is 10.9. The zero-order valence-electron chi connectivity index (χ0n) is 12.7. The molecule has 0 saturated heterocycles. The summed E-state index contributed by atoms with van der Waals surface area (Å²) in [7, 11) is -3.35. The minimum Gasteiger partial charge on any atom is -0.452 e. The Kier molecular flexibility index (Phi) is 5.30. The molecule has 0 unspecified atom stereocenters. The summed E-state index contributed by atoms with van der Waals surface area (Å²) in [6.45, 7) is -0.524. The number of rotatable bonds is 5. The number of carbonyl (C=O) groups is 2. The lowest BCUT2D eigenvalue weighted by atomic mass is 10.2. The molecule has 6 nitrogen and oxygen atoms in total. The smallest absolute Gasteiger partial charge is 0.338 e. The molecule has 0 bridgehead atoms. The van der Waals surface area contributed by atoms with Gasteiger partial charge in [0, 0.05) is 11.9 Å². The van der Waals surface area contributed by atoms with Crippen LogP contribution in [0.4, 0.5) is 10.1 Å². The highest BCUT2D eigenvalue weighted by atomic mass is 32.2. The van der Waals surface area contributed by atoms with Crippen LogP contribution in [0, 0.1) is 5.82 Å². The molecule has 0 aliphatic carbocycles. The maximum Gasteiger partial charge on any atom is 0.338 e. The monoisotopic (exact) mass is 351 g/mol. The predicted molar refractivity (Wildman–Crippen MR) is 84.9 cm³/mol. The topological polar surface area (TPSA) is 89.5 Å². The van der Waals surface area contributed by atoms with E-state index in [2.05, 4.69) is 5.32 Å². The van der Waals surface area contributed by atoms with Crippen molar-refractivity contribution in [2.24, 2.45) is 0 Å². The van der Waals surface area contributed by atoms with Crippen LogP contribution in [0.2, 0.25) is 0 Å². The Bertz CT molecular complexity index is 845. The second kappa shape index (κ2) is 7.22. The van der Waals surface area contributed by atoms with Gasteiger partial charge in [0.2, 0.25) is 0 Å². The van der Waals surface area contributed by atoms with Gasteiger partial charge in [-0.3, -0.25) is 4.79 Å². The van der Waals surface area contributed by atoms with Crippen LogP contribution < -0.4 is 5.32 Å². The zero-order valence-corrected chi connectivity index (χ0v) is 13.5. The van der Waals surface area contributed by atoms with Crippen molar-refractivity contribution in [3.63, 3.8) is 0 Å². The molecule has 24 heavy (non-hydrogen) atoms. The summed E-state index contributed by atoms with van der Waals surface area (Å²) in [5.74, 6) is -1.77. The number of esters is 1. The van der Waals surface area contributed by atoms with E-state index < -0.39 is 34.1 Å². The molecule has 0 heterocycles. The molecule has 0 atom stereocenters. The van der Waals surface area contributed by atoms with Crippen LogP contribution in [0.5, 0.6) is 0 Å². The molecule has 1 amide bonds. The Labute approximate surface area is 138 Å². The van der Waals surface area contributed by atoms with Crippen LogP contribution in [-0.2, 0) is 19.4 Å². The van der Waals surface area contributed by atoms with Crippen LogP contribution in [0.1, 0.15) is 10.4 Å². The van der Waals surface area contributed by atoms with E-state index in [1.165, 1.54) is 48.5 Å². The maximum atomic E-state index is 12.7. The fourth-order valence-corrected chi connectivity index (χ4v) is 2.41. The molecule has 2 rings (SSSR count). The second-order valence-electron chi connectivity index (χ2n) is 4.93. The van der Waals surface area contributed by atoms with Gasteiger partial charge in [-0.25, -0.2) is 17.6 Å². The van der Waals surface area contributed by atoms with E-state index in [-0.39, 0.29) is 10.5 Å². The lowest BCUT2D eigenvalue weighted by Crippen LogP contribution is -2.20. The number of nitrogens with one attached hydrogen (secondary N) is 1. The average molecular weight is 351 g/mol. The van der Waals surface area contributed by atoms with Gasteiger partial charge in [0.15, 0.2) is 16.4 Å². The number of sulfone groups is 1. The standard InChI is InChI=1S/C16H14FNO5S/c1-24(21,22)14-8-2-11(3-9-14)16(20)23-10-15(19)18-13-6-4-12(17)5-7-13/h2-9H,10H2,1H3,(H,18,19). The predicted octanol–water partition coefficient (Wildman–Crippen LogP) is 2.02. The molecule has 2 aromatic rings. The molecule has 1 N–H and O–H groups in total. The van der Waals surface area contributed by atoms with Crippen LogP contribution in [0.25, 0.3) is 0 Å². The summed E-state index contributed by atoms with van der Waals surface area (Å²) in [6, 6.07) is 10.3. The molecular formula is C16H14FNO5S. The Balaban J connectivity index is 1.90. The quantitative estimate of drug-likeness (QED) is 0.833. The molecule has 126 valence electrons. The molecule has 0 aliphatic heterocycles. The number of halogens is 1. The first kappa shape index (κ1) is 17.6. The third-order valence-electron chi connectivity index (χ3n) is 2.98. The number of amides is 1. The SMILES string of the molecule is CS(=O)(=O)c1ccc(C(=O)OCC(=O)Nc2ccc(F)cc2)cc1. The van der Waals surface area contributed by atoms with Gasteiger partial charge in [-0.1, -0.05) is 0 Å². The van der Waals surface area contributed by atoms with Gasteiger partial charge >= 0.3 is 5.97 Å². The highest BCUT2D eigenvalue weighted by Crippen LogP contribution is 2.11. The fraction of sp³-hybridized carbons (Fsp3) is 0.125. The van der Waals surface area contributed by atoms with Gasteiger partial charge in [-0.05, 0) is 48.5 Å². The summed E-state index contributed by atoms with van der Waals surface area (Å²) in [5, 5.41) is 2.44. The van der Waals surface area contributed by atoms with Gasteiger partial charge < -0.3 is 10.1 Å². The van der Waals surface area contributed by atoms with Crippen molar-refractivity contribution in [3.05, 3.63) is 59.9 Å². The van der Waals surface area contributed by atoms with E-state index in [1.807, 2.05) is 0 Å². The first-order valence-electron chi connectivity index (χ1n) is 6.78. The van der Waals surface area contributed by atoms with Crippen LogP contribution >= 0.6 is 0 Å². The molecule has 0 aliphatic rings. The van der Waals surface area contributed by atoms with E-state index in [4.69, 9.17) is 4.74 Å². The molecule has 8 heteroatoms. The van der Waals surface area contributed by atoms with E-state index >= 15 is 0 Å². The van der Waals surface area contributed by atoms with Gasteiger partial charge in [-0.15, -0.1) is 0 Å². The first-order chi connectivity index (χ1) is 11.3. The molecule has 0 saturated carbocycles. The molecule has 2 aromatic carbocycles. The van der Waals surface area contributed by atoms with Crippen LogP contribution in [-0.4, -0.2) is 33.2 Å². The minimum atomic E-state index is -3.35. The Morgan fingerprint density at radius 1 is 1.04 bits per heavy atom. The van der Waals surface area contributed by atoms with Crippen molar-refractivity contribution in [2.75, 3.05) is 18.2 Å². The van der Waals surface area contributed by atoms with E-state index in [9.17, 15) is 22.4 Å². The van der Waals surface area contributed by atoms with E-state index in [0.717, 1.165) is 6.26 Å². The third kappa shape index (κ3) is 4.88. The van der Waals surface area contributed by atoms with Crippen molar-refractivity contribution < 1.29 is 27.1 Å². The molecule has 0 radical (unpaired) electrons. The van der Waals surface area contributed by atoms with E-state index in [0.29, 0.717) is 5.69 Å². The summed E-state index contributed by atoms with van der Waals surface area (Å²) in [5.41, 5.74) is 0.493. The first-order valence-corrected chi connectivity index (χ1v) is 8.67. The molecule has 0 fully saturated rings. The van der Waals surface area contributed by atoms with Gasteiger partial charge in [-0.2, -0.15) is 0 Å². The van der Waals surface area contributed by atoms with Gasteiger partial charge in [0.25, 0.3) is 5.91 Å².